The Morgan fingerprint density at radius 1 is 1.24 bits per heavy atom. The molecule has 0 radical (unpaired) electrons. The minimum absolute atomic E-state index is 0.140. The van der Waals surface area contributed by atoms with Crippen molar-refractivity contribution < 1.29 is 4.74 Å². The fourth-order valence-corrected chi connectivity index (χ4v) is 3.59. The number of nitrogens with one attached hydrogen (secondary N) is 1. The summed E-state index contributed by atoms with van der Waals surface area (Å²) in [4.78, 5) is 11.6. The van der Waals surface area contributed by atoms with Crippen molar-refractivity contribution in [2.24, 2.45) is 0 Å². The van der Waals surface area contributed by atoms with Gasteiger partial charge in [0.2, 0.25) is 5.95 Å². The molecule has 0 bridgehead atoms. The van der Waals surface area contributed by atoms with Gasteiger partial charge >= 0.3 is 6.01 Å². The SMILES string of the molecule is CC(C)c1cnn2c(NCc3cccc(N)c3)nc(OC3CCN(C)CC3)nc12. The summed E-state index contributed by atoms with van der Waals surface area (Å²) in [5.41, 5.74) is 9.58. The van der Waals surface area contributed by atoms with Crippen molar-refractivity contribution in [3.8, 4) is 6.01 Å². The molecule has 2 aromatic heterocycles. The van der Waals surface area contributed by atoms with E-state index in [0.717, 1.165) is 48.4 Å². The molecule has 8 nitrogen and oxygen atoms in total. The maximum Gasteiger partial charge on any atom is 0.322 e. The van der Waals surface area contributed by atoms with E-state index in [1.807, 2.05) is 30.5 Å². The molecule has 3 aromatic rings. The largest absolute Gasteiger partial charge is 0.460 e. The van der Waals surface area contributed by atoms with Gasteiger partial charge in [0.15, 0.2) is 5.65 Å². The van der Waals surface area contributed by atoms with Gasteiger partial charge in [-0.25, -0.2) is 0 Å². The van der Waals surface area contributed by atoms with Gasteiger partial charge < -0.3 is 20.7 Å². The lowest BCUT2D eigenvalue weighted by molar-refractivity contribution is 0.105. The van der Waals surface area contributed by atoms with Crippen LogP contribution in [-0.2, 0) is 6.54 Å². The van der Waals surface area contributed by atoms with Crippen LogP contribution >= 0.6 is 0 Å². The minimum Gasteiger partial charge on any atom is -0.460 e. The van der Waals surface area contributed by atoms with E-state index in [2.05, 4.69) is 41.2 Å². The van der Waals surface area contributed by atoms with Crippen LogP contribution in [0.2, 0.25) is 0 Å². The zero-order chi connectivity index (χ0) is 20.4. The molecule has 4 rings (SSSR count). The Balaban J connectivity index is 1.62. The number of piperidine rings is 1. The summed E-state index contributed by atoms with van der Waals surface area (Å²) in [6, 6.07) is 8.21. The first kappa shape index (κ1) is 19.4. The van der Waals surface area contributed by atoms with E-state index in [1.165, 1.54) is 0 Å². The van der Waals surface area contributed by atoms with E-state index < -0.39 is 0 Å². The van der Waals surface area contributed by atoms with Crippen LogP contribution in [-0.4, -0.2) is 50.7 Å². The minimum atomic E-state index is 0.140. The van der Waals surface area contributed by atoms with Crippen molar-refractivity contribution in [2.75, 3.05) is 31.2 Å². The molecule has 0 unspecified atom stereocenters. The van der Waals surface area contributed by atoms with Crippen molar-refractivity contribution >= 4 is 17.3 Å². The van der Waals surface area contributed by atoms with Crippen LogP contribution in [0.5, 0.6) is 6.01 Å². The third-order valence-electron chi connectivity index (χ3n) is 5.34. The molecule has 29 heavy (non-hydrogen) atoms. The standard InChI is InChI=1S/C21H29N7O/c1-14(2)18-13-24-28-19(18)25-21(29-17-7-9-27(3)10-8-17)26-20(28)23-12-15-5-4-6-16(22)11-15/h4-6,11,13-14,17H,7-10,12,22H2,1-3H3,(H,23,25,26). The first-order chi connectivity index (χ1) is 14.0. The Bertz CT molecular complexity index is 976. The highest BCUT2D eigenvalue weighted by atomic mass is 16.5. The maximum absolute atomic E-state index is 6.18. The van der Waals surface area contributed by atoms with E-state index in [4.69, 9.17) is 15.5 Å². The lowest BCUT2D eigenvalue weighted by atomic mass is 10.1. The highest BCUT2D eigenvalue weighted by Gasteiger charge is 2.21. The van der Waals surface area contributed by atoms with Crippen LogP contribution < -0.4 is 15.8 Å². The number of ether oxygens (including phenoxy) is 1. The van der Waals surface area contributed by atoms with Crippen LogP contribution in [0.3, 0.4) is 0 Å². The average molecular weight is 396 g/mol. The average Bonchev–Trinajstić information content (AvgIpc) is 3.12. The number of fused-ring (bicyclic) bond motifs is 1. The molecule has 3 heterocycles. The first-order valence-corrected chi connectivity index (χ1v) is 10.2. The van der Waals surface area contributed by atoms with Crippen molar-refractivity contribution in [2.45, 2.75) is 45.3 Å². The van der Waals surface area contributed by atoms with Gasteiger partial charge in [0, 0.05) is 30.9 Å². The van der Waals surface area contributed by atoms with Gasteiger partial charge in [-0.2, -0.15) is 19.6 Å². The summed E-state index contributed by atoms with van der Waals surface area (Å²) in [6.45, 7) is 6.91. The fraction of sp³-hybridized carbons (Fsp3) is 0.476. The number of aromatic nitrogens is 4. The van der Waals surface area contributed by atoms with Gasteiger partial charge in [-0.1, -0.05) is 26.0 Å². The quantitative estimate of drug-likeness (QED) is 0.620. The predicted molar refractivity (Wildman–Crippen MR) is 114 cm³/mol. The summed E-state index contributed by atoms with van der Waals surface area (Å²) in [6.07, 6.45) is 3.96. The third kappa shape index (κ3) is 4.42. The van der Waals surface area contributed by atoms with Crippen LogP contribution in [0.1, 0.15) is 43.7 Å². The molecular formula is C21H29N7O. The van der Waals surface area contributed by atoms with Gasteiger partial charge in [0.25, 0.3) is 0 Å². The summed E-state index contributed by atoms with van der Waals surface area (Å²) in [5.74, 6) is 0.924. The Morgan fingerprint density at radius 3 is 2.76 bits per heavy atom. The molecule has 0 amide bonds. The number of hydrogen-bond donors (Lipinski definition) is 2. The lowest BCUT2D eigenvalue weighted by Gasteiger charge is -2.28. The second-order valence-corrected chi connectivity index (χ2v) is 8.04. The summed E-state index contributed by atoms with van der Waals surface area (Å²) in [5, 5.41) is 7.88. The molecular weight excluding hydrogens is 366 g/mol. The Kier molecular flexibility index (Phi) is 5.53. The molecule has 0 atom stereocenters. The molecule has 0 aliphatic carbocycles. The van der Waals surface area contributed by atoms with Crippen LogP contribution in [0.25, 0.3) is 5.65 Å². The lowest BCUT2D eigenvalue weighted by Crippen LogP contribution is -2.36. The Morgan fingerprint density at radius 2 is 2.03 bits per heavy atom. The topological polar surface area (TPSA) is 93.6 Å². The van der Waals surface area contributed by atoms with E-state index in [9.17, 15) is 0 Å². The van der Waals surface area contributed by atoms with Crippen LogP contribution in [0, 0.1) is 0 Å². The molecule has 1 aliphatic rings. The monoisotopic (exact) mass is 395 g/mol. The van der Waals surface area contributed by atoms with E-state index in [0.29, 0.717) is 24.4 Å². The van der Waals surface area contributed by atoms with Crippen molar-refractivity contribution in [1.29, 1.82) is 0 Å². The van der Waals surface area contributed by atoms with Gasteiger partial charge in [0.05, 0.1) is 6.20 Å². The highest BCUT2D eigenvalue weighted by molar-refractivity contribution is 5.53. The van der Waals surface area contributed by atoms with Gasteiger partial charge in [-0.05, 0) is 43.5 Å². The molecule has 0 saturated carbocycles. The number of nitrogen functional groups attached to an aromatic ring is 1. The summed E-state index contributed by atoms with van der Waals surface area (Å²) >= 11 is 0. The summed E-state index contributed by atoms with van der Waals surface area (Å²) < 4.78 is 7.93. The van der Waals surface area contributed by atoms with E-state index in [-0.39, 0.29) is 6.10 Å². The van der Waals surface area contributed by atoms with Crippen LogP contribution in [0.4, 0.5) is 11.6 Å². The molecule has 1 saturated heterocycles. The molecule has 154 valence electrons. The van der Waals surface area contributed by atoms with Crippen LogP contribution in [0.15, 0.2) is 30.5 Å². The molecule has 8 heteroatoms. The fourth-order valence-electron chi connectivity index (χ4n) is 3.59. The molecule has 1 aromatic carbocycles. The van der Waals surface area contributed by atoms with Crippen molar-refractivity contribution in [3.05, 3.63) is 41.6 Å². The molecule has 1 fully saturated rings. The van der Waals surface area contributed by atoms with E-state index >= 15 is 0 Å². The number of likely N-dealkylation sites (tertiary alicyclic amines) is 1. The van der Waals surface area contributed by atoms with E-state index in [1.54, 1.807) is 4.52 Å². The highest BCUT2D eigenvalue weighted by Crippen LogP contribution is 2.24. The molecule has 1 aliphatic heterocycles. The van der Waals surface area contributed by atoms with Gasteiger partial charge in [0.1, 0.15) is 6.10 Å². The van der Waals surface area contributed by atoms with Gasteiger partial charge in [-0.3, -0.25) is 0 Å². The predicted octanol–water partition coefficient (Wildman–Crippen LogP) is 2.92. The summed E-state index contributed by atoms with van der Waals surface area (Å²) in [7, 11) is 2.14. The number of anilines is 2. The van der Waals surface area contributed by atoms with Crippen molar-refractivity contribution in [1.82, 2.24) is 24.5 Å². The number of nitrogens with zero attached hydrogens (tertiary/aromatic N) is 5. The zero-order valence-electron chi connectivity index (χ0n) is 17.3. The molecule has 0 spiro atoms. The normalized spacial score (nSPS) is 15.9. The number of benzene rings is 1. The molecule has 3 N–H and O–H groups in total. The number of rotatable bonds is 6. The first-order valence-electron chi connectivity index (χ1n) is 10.2. The number of hydrogen-bond acceptors (Lipinski definition) is 7. The second-order valence-electron chi connectivity index (χ2n) is 8.04. The Labute approximate surface area is 171 Å². The number of nitrogens with two attached hydrogens (primary N) is 1. The third-order valence-corrected chi connectivity index (χ3v) is 5.34. The smallest absolute Gasteiger partial charge is 0.322 e. The zero-order valence-corrected chi connectivity index (χ0v) is 17.3. The maximum atomic E-state index is 6.18. The Hall–Kier alpha value is -2.87. The van der Waals surface area contributed by atoms with Gasteiger partial charge in [-0.15, -0.1) is 0 Å². The van der Waals surface area contributed by atoms with Crippen molar-refractivity contribution in [3.63, 3.8) is 0 Å². The second kappa shape index (κ2) is 8.24.